The molecule has 3 N–H and O–H groups in total. The van der Waals surface area contributed by atoms with E-state index in [2.05, 4.69) is 15.2 Å². The number of rotatable bonds is 10. The minimum Gasteiger partial charge on any atom is -0.493 e. The maximum Gasteiger partial charge on any atom is 0.188 e. The summed E-state index contributed by atoms with van der Waals surface area (Å²) in [6.07, 6.45) is 5.85. The van der Waals surface area contributed by atoms with Crippen LogP contribution in [0.25, 0.3) is 0 Å². The lowest BCUT2D eigenvalue weighted by atomic mass is 10.1. The Kier molecular flexibility index (Phi) is 11.4. The van der Waals surface area contributed by atoms with Gasteiger partial charge in [-0.25, -0.2) is 0 Å². The fourth-order valence-corrected chi connectivity index (χ4v) is 3.08. The minimum absolute atomic E-state index is 0. The van der Waals surface area contributed by atoms with Gasteiger partial charge in [-0.05, 0) is 69.4 Å². The Labute approximate surface area is 174 Å². The summed E-state index contributed by atoms with van der Waals surface area (Å²) in [7, 11) is 3.29. The maximum atomic E-state index is 5.93. The zero-order valence-corrected chi connectivity index (χ0v) is 18.3. The van der Waals surface area contributed by atoms with Crippen molar-refractivity contribution in [3.63, 3.8) is 0 Å². The van der Waals surface area contributed by atoms with Gasteiger partial charge < -0.3 is 25.4 Å². The molecule has 148 valence electrons. The molecule has 26 heavy (non-hydrogen) atoms. The first-order chi connectivity index (χ1) is 12.2. The molecular formula is C19H33IN4O2. The van der Waals surface area contributed by atoms with Gasteiger partial charge in [0.25, 0.3) is 0 Å². The van der Waals surface area contributed by atoms with Crippen molar-refractivity contribution in [1.29, 1.82) is 0 Å². The average molecular weight is 476 g/mol. The van der Waals surface area contributed by atoms with Crippen LogP contribution in [0, 0.1) is 0 Å². The number of hydrogen-bond acceptors (Lipinski definition) is 4. The van der Waals surface area contributed by atoms with Crippen molar-refractivity contribution in [1.82, 2.24) is 10.2 Å². The van der Waals surface area contributed by atoms with E-state index in [0.717, 1.165) is 37.4 Å². The van der Waals surface area contributed by atoms with Gasteiger partial charge in [0.15, 0.2) is 17.5 Å². The van der Waals surface area contributed by atoms with E-state index in [9.17, 15) is 0 Å². The van der Waals surface area contributed by atoms with E-state index >= 15 is 0 Å². The number of benzene rings is 1. The highest BCUT2D eigenvalue weighted by molar-refractivity contribution is 14.0. The molecule has 1 heterocycles. The summed E-state index contributed by atoms with van der Waals surface area (Å²) in [5.41, 5.74) is 7.10. The molecular weight excluding hydrogens is 443 g/mol. The first kappa shape index (κ1) is 22.8. The van der Waals surface area contributed by atoms with Crippen molar-refractivity contribution in [3.05, 3.63) is 23.8 Å². The molecule has 1 aliphatic rings. The largest absolute Gasteiger partial charge is 0.493 e. The summed E-state index contributed by atoms with van der Waals surface area (Å²) in [5, 5.41) is 3.17. The van der Waals surface area contributed by atoms with Crippen molar-refractivity contribution < 1.29 is 9.47 Å². The van der Waals surface area contributed by atoms with Crippen LogP contribution in [0.1, 0.15) is 31.2 Å². The Morgan fingerprint density at radius 1 is 1.15 bits per heavy atom. The lowest BCUT2D eigenvalue weighted by Gasteiger charge is -2.13. The zero-order valence-electron chi connectivity index (χ0n) is 16.0. The van der Waals surface area contributed by atoms with Gasteiger partial charge in [-0.15, -0.1) is 24.0 Å². The molecule has 1 saturated heterocycles. The second-order valence-electron chi connectivity index (χ2n) is 6.39. The minimum atomic E-state index is 0. The van der Waals surface area contributed by atoms with Crippen molar-refractivity contribution in [2.45, 2.75) is 32.1 Å². The summed E-state index contributed by atoms with van der Waals surface area (Å²) in [6, 6.07) is 5.95. The Morgan fingerprint density at radius 2 is 1.88 bits per heavy atom. The molecule has 0 saturated carbocycles. The second-order valence-corrected chi connectivity index (χ2v) is 6.39. The highest BCUT2D eigenvalue weighted by Crippen LogP contribution is 2.27. The van der Waals surface area contributed by atoms with E-state index in [1.54, 1.807) is 14.2 Å². The van der Waals surface area contributed by atoms with Crippen molar-refractivity contribution >= 4 is 29.9 Å². The molecule has 7 heteroatoms. The second kappa shape index (κ2) is 13.0. The standard InChI is InChI=1S/C19H32N4O2.HI/c1-24-17-8-7-16(15-18(17)25-2)9-11-22-19(20)21-10-3-4-12-23-13-5-6-14-23;/h7-8,15H,3-6,9-14H2,1-2H3,(H3,20,21,22);1H. The Bertz CT molecular complexity index is 548. The van der Waals surface area contributed by atoms with E-state index in [-0.39, 0.29) is 24.0 Å². The topological polar surface area (TPSA) is 72.1 Å². The predicted octanol–water partition coefficient (Wildman–Crippen LogP) is 2.64. The molecule has 2 rings (SSSR count). The number of likely N-dealkylation sites (tertiary alicyclic amines) is 1. The molecule has 0 atom stereocenters. The van der Waals surface area contributed by atoms with Crippen LogP contribution in [0.5, 0.6) is 11.5 Å². The lowest BCUT2D eigenvalue weighted by Crippen LogP contribution is -2.33. The van der Waals surface area contributed by atoms with Crippen LogP contribution < -0.4 is 20.5 Å². The Balaban J connectivity index is 0.00000338. The van der Waals surface area contributed by atoms with Crippen LogP contribution in [-0.4, -0.2) is 57.8 Å². The molecule has 0 spiro atoms. The fraction of sp³-hybridized carbons (Fsp3) is 0.632. The Morgan fingerprint density at radius 3 is 2.58 bits per heavy atom. The van der Waals surface area contributed by atoms with E-state index in [1.807, 2.05) is 18.2 Å². The first-order valence-electron chi connectivity index (χ1n) is 9.20. The molecule has 6 nitrogen and oxygen atoms in total. The number of halogens is 1. The fourth-order valence-electron chi connectivity index (χ4n) is 3.08. The predicted molar refractivity (Wildman–Crippen MR) is 118 cm³/mol. The highest BCUT2D eigenvalue weighted by Gasteiger charge is 2.09. The number of unbranched alkanes of at least 4 members (excludes halogenated alkanes) is 1. The Hall–Kier alpha value is -1.22. The van der Waals surface area contributed by atoms with E-state index < -0.39 is 0 Å². The number of nitrogens with one attached hydrogen (secondary N) is 1. The lowest BCUT2D eigenvalue weighted by molar-refractivity contribution is 0.331. The van der Waals surface area contributed by atoms with Gasteiger partial charge in [0.05, 0.1) is 14.2 Å². The third kappa shape index (κ3) is 7.99. The molecule has 1 fully saturated rings. The third-order valence-electron chi connectivity index (χ3n) is 4.53. The highest BCUT2D eigenvalue weighted by atomic mass is 127. The monoisotopic (exact) mass is 476 g/mol. The van der Waals surface area contributed by atoms with Crippen molar-refractivity contribution in [2.75, 3.05) is 46.9 Å². The third-order valence-corrected chi connectivity index (χ3v) is 4.53. The molecule has 1 aliphatic heterocycles. The number of guanidine groups is 1. The average Bonchev–Trinajstić information content (AvgIpc) is 3.14. The van der Waals surface area contributed by atoms with Gasteiger partial charge in [-0.2, -0.15) is 0 Å². The molecule has 0 bridgehead atoms. The van der Waals surface area contributed by atoms with Crippen LogP contribution in [0.2, 0.25) is 0 Å². The van der Waals surface area contributed by atoms with Gasteiger partial charge in [-0.1, -0.05) is 6.07 Å². The molecule has 0 amide bonds. The van der Waals surface area contributed by atoms with Crippen LogP contribution in [0.15, 0.2) is 23.2 Å². The molecule has 1 aromatic rings. The normalized spacial score (nSPS) is 14.8. The van der Waals surface area contributed by atoms with E-state index in [1.165, 1.54) is 44.5 Å². The number of aliphatic imine (C=N–C) groups is 1. The van der Waals surface area contributed by atoms with Gasteiger partial charge in [-0.3, -0.25) is 4.99 Å². The van der Waals surface area contributed by atoms with Crippen molar-refractivity contribution in [2.24, 2.45) is 10.7 Å². The quantitative estimate of drug-likeness (QED) is 0.235. The van der Waals surface area contributed by atoms with Gasteiger partial charge in [0.2, 0.25) is 0 Å². The zero-order chi connectivity index (χ0) is 17.9. The molecule has 0 aromatic heterocycles. The number of ether oxygens (including phenoxy) is 2. The smallest absolute Gasteiger partial charge is 0.188 e. The molecule has 0 radical (unpaired) electrons. The van der Waals surface area contributed by atoms with E-state index in [4.69, 9.17) is 15.2 Å². The summed E-state index contributed by atoms with van der Waals surface area (Å²) >= 11 is 0. The van der Waals surface area contributed by atoms with E-state index in [0.29, 0.717) is 5.96 Å². The number of nitrogens with zero attached hydrogens (tertiary/aromatic N) is 2. The van der Waals surface area contributed by atoms with Gasteiger partial charge in [0.1, 0.15) is 0 Å². The SMILES string of the molecule is COc1ccc(CCNC(N)=NCCCCN2CCCC2)cc1OC.I. The van der Waals surface area contributed by atoms with Gasteiger partial charge in [0, 0.05) is 13.1 Å². The molecule has 0 aliphatic carbocycles. The van der Waals surface area contributed by atoms with Crippen LogP contribution in [-0.2, 0) is 6.42 Å². The van der Waals surface area contributed by atoms with Gasteiger partial charge >= 0.3 is 0 Å². The number of nitrogens with two attached hydrogens (primary N) is 1. The van der Waals surface area contributed by atoms with Crippen LogP contribution >= 0.6 is 24.0 Å². The van der Waals surface area contributed by atoms with Crippen LogP contribution in [0.4, 0.5) is 0 Å². The summed E-state index contributed by atoms with van der Waals surface area (Å²) in [6.45, 7) is 5.27. The summed E-state index contributed by atoms with van der Waals surface area (Å²) in [5.74, 6) is 2.02. The van der Waals surface area contributed by atoms with Crippen LogP contribution in [0.3, 0.4) is 0 Å². The maximum absolute atomic E-state index is 5.93. The number of hydrogen-bond donors (Lipinski definition) is 2. The molecule has 1 aromatic carbocycles. The first-order valence-corrected chi connectivity index (χ1v) is 9.20. The summed E-state index contributed by atoms with van der Waals surface area (Å²) in [4.78, 5) is 6.94. The van der Waals surface area contributed by atoms with Crippen molar-refractivity contribution in [3.8, 4) is 11.5 Å². The molecule has 0 unspecified atom stereocenters. The summed E-state index contributed by atoms with van der Waals surface area (Å²) < 4.78 is 10.6. The number of methoxy groups -OCH3 is 2.